The van der Waals surface area contributed by atoms with Crippen LogP contribution in [-0.4, -0.2) is 10.5 Å². The lowest BCUT2D eigenvalue weighted by Gasteiger charge is -2.10. The van der Waals surface area contributed by atoms with Gasteiger partial charge in [0.25, 0.3) is 0 Å². The molecule has 146 valence electrons. The molecule has 0 amide bonds. The van der Waals surface area contributed by atoms with Gasteiger partial charge in [-0.15, -0.1) is 0 Å². The highest BCUT2D eigenvalue weighted by Crippen LogP contribution is 2.38. The molecule has 1 saturated carbocycles. The number of carbonyl (C=O) groups is 1. The smallest absolute Gasteiger partial charge is 0.340 e. The highest BCUT2D eigenvalue weighted by atomic mass is 16.5. The number of esters is 1. The van der Waals surface area contributed by atoms with Crippen LogP contribution in [0, 0.1) is 13.8 Å². The van der Waals surface area contributed by atoms with Crippen LogP contribution in [0.15, 0.2) is 57.7 Å². The first kappa shape index (κ1) is 17.7. The average molecular weight is 387 g/mol. The molecule has 1 fully saturated rings. The van der Waals surface area contributed by atoms with Crippen LogP contribution in [-0.2, 0) is 11.3 Å². The predicted molar refractivity (Wildman–Crippen MR) is 111 cm³/mol. The topological polar surface area (TPSA) is 61.4 Å². The summed E-state index contributed by atoms with van der Waals surface area (Å²) in [5, 5.41) is 2.81. The van der Waals surface area contributed by atoms with Gasteiger partial charge in [-0.25, -0.2) is 9.59 Å². The quantitative estimate of drug-likeness (QED) is 0.279. The first-order chi connectivity index (χ1) is 14.0. The number of ether oxygens (including phenoxy) is 1. The monoisotopic (exact) mass is 387 g/mol. The highest BCUT2D eigenvalue weighted by Gasteiger charge is 2.28. The van der Waals surface area contributed by atoms with E-state index in [0.29, 0.717) is 22.8 Å². The van der Waals surface area contributed by atoms with E-state index >= 15 is 0 Å². The van der Waals surface area contributed by atoms with Crippen LogP contribution >= 0.6 is 0 Å². The summed E-state index contributed by atoms with van der Waals surface area (Å²) in [7, 11) is 0. The van der Waals surface area contributed by atoms with Gasteiger partial charge in [0.1, 0.15) is 12.2 Å². The maximum absolute atomic E-state index is 12.8. The Bertz CT molecular complexity index is 1320. The van der Waals surface area contributed by atoms with Crippen molar-refractivity contribution >= 4 is 27.7 Å². The largest absolute Gasteiger partial charge is 0.457 e. The number of hydrogen-bond donors (Lipinski definition) is 0. The van der Waals surface area contributed by atoms with Crippen LogP contribution in [0.1, 0.15) is 46.2 Å². The molecule has 2 aromatic carbocycles. The second-order valence-electron chi connectivity index (χ2n) is 7.71. The Balaban J connectivity index is 1.51. The fraction of sp³-hybridized carbons (Fsp3) is 0.250. The summed E-state index contributed by atoms with van der Waals surface area (Å²) in [6.07, 6.45) is 2.31. The summed E-state index contributed by atoms with van der Waals surface area (Å²) in [6, 6.07) is 15.4. The molecule has 0 saturated heterocycles. The Morgan fingerprint density at radius 1 is 1.14 bits per heavy atom. The van der Waals surface area contributed by atoms with Crippen LogP contribution in [0.3, 0.4) is 0 Å². The van der Waals surface area contributed by atoms with Gasteiger partial charge in [0.15, 0.2) is 0 Å². The second kappa shape index (κ2) is 6.62. The molecule has 5 heteroatoms. The van der Waals surface area contributed by atoms with E-state index in [1.54, 1.807) is 6.07 Å². The van der Waals surface area contributed by atoms with Gasteiger partial charge in [-0.2, -0.15) is 0 Å². The fourth-order valence-electron chi connectivity index (χ4n) is 4.23. The van der Waals surface area contributed by atoms with Gasteiger partial charge < -0.3 is 13.7 Å². The molecule has 1 aliphatic carbocycles. The van der Waals surface area contributed by atoms with E-state index in [9.17, 15) is 9.59 Å². The fourth-order valence-corrected chi connectivity index (χ4v) is 4.23. The van der Waals surface area contributed by atoms with Crippen molar-refractivity contribution in [3.05, 3.63) is 81.5 Å². The molecule has 0 unspecified atom stereocenters. The summed E-state index contributed by atoms with van der Waals surface area (Å²) in [4.78, 5) is 24.8. The van der Waals surface area contributed by atoms with E-state index in [4.69, 9.17) is 9.15 Å². The van der Waals surface area contributed by atoms with Crippen LogP contribution < -0.4 is 5.63 Å². The maximum atomic E-state index is 12.8. The second-order valence-corrected chi connectivity index (χ2v) is 7.71. The van der Waals surface area contributed by atoms with E-state index in [-0.39, 0.29) is 12.6 Å². The number of benzene rings is 2. The normalized spacial score (nSPS) is 13.9. The van der Waals surface area contributed by atoms with Crippen LogP contribution in [0.2, 0.25) is 0 Å². The van der Waals surface area contributed by atoms with Crippen LogP contribution in [0.4, 0.5) is 0 Å². The van der Waals surface area contributed by atoms with E-state index in [1.165, 1.54) is 6.07 Å². The summed E-state index contributed by atoms with van der Waals surface area (Å²) < 4.78 is 13.2. The third kappa shape index (κ3) is 3.03. The molecule has 5 nitrogen and oxygen atoms in total. The van der Waals surface area contributed by atoms with E-state index in [0.717, 1.165) is 40.4 Å². The number of nitrogens with zero attached hydrogens (tertiary/aromatic N) is 1. The molecule has 0 spiro atoms. The summed E-state index contributed by atoms with van der Waals surface area (Å²) in [5.41, 5.74) is 3.30. The molecule has 2 aromatic heterocycles. The first-order valence-electron chi connectivity index (χ1n) is 9.83. The van der Waals surface area contributed by atoms with Crippen molar-refractivity contribution in [1.82, 2.24) is 4.57 Å². The highest BCUT2D eigenvalue weighted by molar-refractivity contribution is 6.07. The lowest BCUT2D eigenvalue weighted by atomic mass is 10.0. The molecule has 0 radical (unpaired) electrons. The minimum Gasteiger partial charge on any atom is -0.457 e. The number of carbonyl (C=O) groups excluding carboxylic acids is 1. The first-order valence-corrected chi connectivity index (χ1v) is 9.83. The zero-order valence-corrected chi connectivity index (χ0v) is 16.4. The van der Waals surface area contributed by atoms with Crippen LogP contribution in [0.5, 0.6) is 0 Å². The summed E-state index contributed by atoms with van der Waals surface area (Å²) in [5.74, 6) is -0.369. The molecular formula is C24H21NO4. The Morgan fingerprint density at radius 3 is 2.72 bits per heavy atom. The van der Waals surface area contributed by atoms with Crippen molar-refractivity contribution in [2.75, 3.05) is 0 Å². The van der Waals surface area contributed by atoms with Gasteiger partial charge in [0.05, 0.1) is 5.56 Å². The Morgan fingerprint density at radius 2 is 1.93 bits per heavy atom. The lowest BCUT2D eigenvalue weighted by molar-refractivity contribution is 0.0473. The average Bonchev–Trinajstić information content (AvgIpc) is 3.49. The zero-order chi connectivity index (χ0) is 20.1. The van der Waals surface area contributed by atoms with Crippen molar-refractivity contribution < 1.29 is 13.9 Å². The Hall–Kier alpha value is -3.34. The van der Waals surface area contributed by atoms with E-state index < -0.39 is 5.63 Å². The lowest BCUT2D eigenvalue weighted by Crippen LogP contribution is -2.09. The summed E-state index contributed by atoms with van der Waals surface area (Å²) in [6.45, 7) is 3.99. The van der Waals surface area contributed by atoms with Gasteiger partial charge >= 0.3 is 11.6 Å². The van der Waals surface area contributed by atoms with Crippen molar-refractivity contribution in [2.45, 2.75) is 39.3 Å². The molecule has 0 N–H and O–H groups in total. The van der Waals surface area contributed by atoms with Crippen molar-refractivity contribution in [2.24, 2.45) is 0 Å². The molecule has 2 heterocycles. The van der Waals surface area contributed by atoms with Crippen molar-refractivity contribution in [3.8, 4) is 0 Å². The molecule has 5 rings (SSSR count). The standard InChI is InChI=1S/C24H21NO4/c1-14-11-20(15(2)25(14)18-8-9-18)24(27)28-13-17-12-22(26)29-21-10-7-16-5-3-4-6-19(16)23(17)21/h3-7,10-12,18H,8-9,13H2,1-2H3. The molecular weight excluding hydrogens is 366 g/mol. The maximum Gasteiger partial charge on any atom is 0.340 e. The van der Waals surface area contributed by atoms with Crippen molar-refractivity contribution in [1.29, 1.82) is 0 Å². The molecule has 0 bridgehead atoms. The SMILES string of the molecule is Cc1cc(C(=O)OCc2cc(=O)oc3ccc4ccccc4c23)c(C)n1C1CC1. The van der Waals surface area contributed by atoms with E-state index in [1.807, 2.05) is 50.2 Å². The Kier molecular flexibility index (Phi) is 4.05. The van der Waals surface area contributed by atoms with Gasteiger partial charge in [0.2, 0.25) is 0 Å². The van der Waals surface area contributed by atoms with Crippen molar-refractivity contribution in [3.63, 3.8) is 0 Å². The Labute approximate surface area is 167 Å². The third-order valence-electron chi connectivity index (χ3n) is 5.69. The molecule has 4 aromatic rings. The number of fused-ring (bicyclic) bond motifs is 3. The molecule has 29 heavy (non-hydrogen) atoms. The number of aromatic nitrogens is 1. The van der Waals surface area contributed by atoms with Gasteiger partial charge in [-0.05, 0) is 49.6 Å². The molecule has 0 atom stereocenters. The number of aryl methyl sites for hydroxylation is 1. The minimum absolute atomic E-state index is 0.0159. The molecule has 0 aliphatic heterocycles. The van der Waals surface area contributed by atoms with Gasteiger partial charge in [-0.1, -0.05) is 30.3 Å². The molecule has 1 aliphatic rings. The summed E-state index contributed by atoms with van der Waals surface area (Å²) >= 11 is 0. The predicted octanol–water partition coefficient (Wildman–Crippen LogP) is 5.06. The van der Waals surface area contributed by atoms with Gasteiger partial charge in [-0.3, -0.25) is 0 Å². The number of hydrogen-bond acceptors (Lipinski definition) is 4. The van der Waals surface area contributed by atoms with Crippen LogP contribution in [0.25, 0.3) is 21.7 Å². The van der Waals surface area contributed by atoms with E-state index in [2.05, 4.69) is 4.57 Å². The van der Waals surface area contributed by atoms with Gasteiger partial charge in [0, 0.05) is 34.4 Å². The number of rotatable bonds is 4. The third-order valence-corrected chi connectivity index (χ3v) is 5.69. The zero-order valence-electron chi connectivity index (χ0n) is 16.4. The minimum atomic E-state index is -0.453.